The Kier molecular flexibility index (Phi) is 5.54. The van der Waals surface area contributed by atoms with Gasteiger partial charge in [-0.2, -0.15) is 0 Å². The number of carbonyl (C=O) groups excluding carboxylic acids is 2. The molecule has 5 heteroatoms. The Hall–Kier alpha value is -2.85. The number of likely N-dealkylation sites (N-methyl/N-ethyl adjacent to an activating group) is 1. The molecule has 0 bridgehead atoms. The highest BCUT2D eigenvalue weighted by molar-refractivity contribution is 6.30. The Morgan fingerprint density at radius 3 is 2.50 bits per heavy atom. The zero-order chi connectivity index (χ0) is 18.5. The molecule has 1 N–H and O–H groups in total. The molecule has 3 rings (SSSR count). The first kappa shape index (κ1) is 18.0. The van der Waals surface area contributed by atoms with Gasteiger partial charge in [0.15, 0.2) is 0 Å². The molecule has 3 aromatic rings. The van der Waals surface area contributed by atoms with Crippen LogP contribution < -0.4 is 5.32 Å². The highest BCUT2D eigenvalue weighted by Crippen LogP contribution is 2.15. The van der Waals surface area contributed by atoms with Crippen LogP contribution in [0.1, 0.15) is 15.9 Å². The molecule has 132 valence electrons. The van der Waals surface area contributed by atoms with Crippen molar-refractivity contribution < 1.29 is 9.59 Å². The van der Waals surface area contributed by atoms with Crippen LogP contribution in [0.15, 0.2) is 66.7 Å². The van der Waals surface area contributed by atoms with E-state index in [2.05, 4.69) is 5.32 Å². The Morgan fingerprint density at radius 1 is 0.962 bits per heavy atom. The summed E-state index contributed by atoms with van der Waals surface area (Å²) in [6.45, 7) is 0.383. The summed E-state index contributed by atoms with van der Waals surface area (Å²) in [5, 5.41) is 5.38. The first-order chi connectivity index (χ1) is 12.5. The number of hydrogen-bond acceptors (Lipinski definition) is 2. The smallest absolute Gasteiger partial charge is 0.251 e. The van der Waals surface area contributed by atoms with Gasteiger partial charge in [-0.1, -0.05) is 54.1 Å². The number of nitrogens with zero attached hydrogens (tertiary/aromatic N) is 1. The number of amides is 2. The van der Waals surface area contributed by atoms with E-state index >= 15 is 0 Å². The molecular weight excluding hydrogens is 348 g/mol. The molecule has 0 aromatic heterocycles. The lowest BCUT2D eigenvalue weighted by molar-refractivity contribution is -0.129. The maximum Gasteiger partial charge on any atom is 0.251 e. The molecule has 0 radical (unpaired) electrons. The molecule has 0 saturated carbocycles. The summed E-state index contributed by atoms with van der Waals surface area (Å²) in [5.41, 5.74) is 1.48. The fraction of sp³-hybridized carbons (Fsp3) is 0.143. The van der Waals surface area contributed by atoms with Crippen molar-refractivity contribution in [3.63, 3.8) is 0 Å². The third kappa shape index (κ3) is 4.41. The number of nitrogens with one attached hydrogen (secondary N) is 1. The lowest BCUT2D eigenvalue weighted by Crippen LogP contribution is -2.37. The molecule has 0 fully saturated rings. The van der Waals surface area contributed by atoms with Gasteiger partial charge in [0.25, 0.3) is 5.91 Å². The van der Waals surface area contributed by atoms with E-state index in [4.69, 9.17) is 11.6 Å². The average molecular weight is 367 g/mol. The van der Waals surface area contributed by atoms with Crippen LogP contribution in [0.4, 0.5) is 0 Å². The second-order valence-electron chi connectivity index (χ2n) is 6.12. The van der Waals surface area contributed by atoms with E-state index in [-0.39, 0.29) is 18.4 Å². The van der Waals surface area contributed by atoms with E-state index < -0.39 is 0 Å². The molecule has 0 saturated heterocycles. The third-order valence-corrected chi connectivity index (χ3v) is 4.38. The van der Waals surface area contributed by atoms with Crippen molar-refractivity contribution in [1.82, 2.24) is 10.2 Å². The standard InChI is InChI=1S/C21H19ClN2O2/c1-24(14-15-5-4-8-19(22)11-15)20(25)13-23-21(26)18-10-9-16-6-2-3-7-17(16)12-18/h2-12H,13-14H2,1H3,(H,23,26). The Bertz CT molecular complexity index is 955. The first-order valence-electron chi connectivity index (χ1n) is 8.28. The van der Waals surface area contributed by atoms with E-state index in [0.717, 1.165) is 16.3 Å². The van der Waals surface area contributed by atoms with Crippen molar-refractivity contribution in [3.05, 3.63) is 82.9 Å². The van der Waals surface area contributed by atoms with Gasteiger partial charge in [-0.15, -0.1) is 0 Å². The minimum absolute atomic E-state index is 0.0529. The molecule has 0 aliphatic heterocycles. The summed E-state index contributed by atoms with van der Waals surface area (Å²) in [7, 11) is 1.70. The minimum atomic E-state index is -0.264. The molecule has 3 aromatic carbocycles. The molecule has 0 heterocycles. The summed E-state index contributed by atoms with van der Waals surface area (Å²) in [5.74, 6) is -0.431. The molecule has 0 aliphatic carbocycles. The largest absolute Gasteiger partial charge is 0.343 e. The minimum Gasteiger partial charge on any atom is -0.343 e. The van der Waals surface area contributed by atoms with Gasteiger partial charge in [-0.25, -0.2) is 0 Å². The lowest BCUT2D eigenvalue weighted by atomic mass is 10.1. The molecule has 0 spiro atoms. The molecule has 0 atom stereocenters. The van der Waals surface area contributed by atoms with Crippen molar-refractivity contribution in [1.29, 1.82) is 0 Å². The fourth-order valence-electron chi connectivity index (χ4n) is 2.72. The highest BCUT2D eigenvalue weighted by Gasteiger charge is 2.12. The molecule has 2 amide bonds. The number of benzene rings is 3. The van der Waals surface area contributed by atoms with Gasteiger partial charge in [-0.3, -0.25) is 9.59 Å². The number of halogens is 1. The van der Waals surface area contributed by atoms with E-state index in [1.807, 2.05) is 54.6 Å². The first-order valence-corrected chi connectivity index (χ1v) is 8.66. The van der Waals surface area contributed by atoms with E-state index in [1.165, 1.54) is 0 Å². The van der Waals surface area contributed by atoms with Gasteiger partial charge in [0.05, 0.1) is 6.54 Å². The van der Waals surface area contributed by atoms with Crippen molar-refractivity contribution in [3.8, 4) is 0 Å². The molecule has 0 unspecified atom stereocenters. The number of fused-ring (bicyclic) bond motifs is 1. The van der Waals surface area contributed by atoms with Crippen molar-refractivity contribution >= 4 is 34.2 Å². The van der Waals surface area contributed by atoms with Crippen LogP contribution in [-0.2, 0) is 11.3 Å². The van der Waals surface area contributed by atoms with Crippen LogP contribution >= 0.6 is 11.6 Å². The molecule has 0 aliphatic rings. The normalized spacial score (nSPS) is 10.5. The summed E-state index contributed by atoms with van der Waals surface area (Å²) in [4.78, 5) is 26.1. The van der Waals surface area contributed by atoms with Gasteiger partial charge in [0.1, 0.15) is 0 Å². The van der Waals surface area contributed by atoms with Crippen molar-refractivity contribution in [2.75, 3.05) is 13.6 Å². The monoisotopic (exact) mass is 366 g/mol. The quantitative estimate of drug-likeness (QED) is 0.745. The summed E-state index contributed by atoms with van der Waals surface area (Å²) in [6, 6.07) is 20.7. The van der Waals surface area contributed by atoms with Crippen LogP contribution in [0, 0.1) is 0 Å². The molecular formula is C21H19ClN2O2. The zero-order valence-corrected chi connectivity index (χ0v) is 15.2. The van der Waals surface area contributed by atoms with Crippen LogP contribution in [0.3, 0.4) is 0 Å². The predicted octanol–water partition coefficient (Wildman–Crippen LogP) is 3.88. The fourth-order valence-corrected chi connectivity index (χ4v) is 2.93. The van der Waals surface area contributed by atoms with Crippen LogP contribution in [0.5, 0.6) is 0 Å². The van der Waals surface area contributed by atoms with Crippen molar-refractivity contribution in [2.24, 2.45) is 0 Å². The molecule has 4 nitrogen and oxygen atoms in total. The average Bonchev–Trinajstić information content (AvgIpc) is 2.65. The van der Waals surface area contributed by atoms with E-state index in [9.17, 15) is 9.59 Å². The second-order valence-corrected chi connectivity index (χ2v) is 6.56. The Balaban J connectivity index is 1.58. The summed E-state index contributed by atoms with van der Waals surface area (Å²) < 4.78 is 0. The zero-order valence-electron chi connectivity index (χ0n) is 14.4. The van der Waals surface area contributed by atoms with Gasteiger partial charge in [-0.05, 0) is 40.6 Å². The SMILES string of the molecule is CN(Cc1cccc(Cl)c1)C(=O)CNC(=O)c1ccc2ccccc2c1. The van der Waals surface area contributed by atoms with Gasteiger partial charge in [0, 0.05) is 24.2 Å². The van der Waals surface area contributed by atoms with Crippen LogP contribution in [-0.4, -0.2) is 30.3 Å². The summed E-state index contributed by atoms with van der Waals surface area (Å²) in [6.07, 6.45) is 0. The van der Waals surface area contributed by atoms with Crippen molar-refractivity contribution in [2.45, 2.75) is 6.54 Å². The number of rotatable bonds is 5. The van der Waals surface area contributed by atoms with E-state index in [0.29, 0.717) is 17.1 Å². The van der Waals surface area contributed by atoms with Crippen LogP contribution in [0.25, 0.3) is 10.8 Å². The van der Waals surface area contributed by atoms with Crippen LogP contribution in [0.2, 0.25) is 5.02 Å². The predicted molar refractivity (Wildman–Crippen MR) is 104 cm³/mol. The highest BCUT2D eigenvalue weighted by atomic mass is 35.5. The summed E-state index contributed by atoms with van der Waals surface area (Å²) >= 11 is 5.96. The number of carbonyl (C=O) groups is 2. The van der Waals surface area contributed by atoms with Gasteiger partial charge < -0.3 is 10.2 Å². The maximum atomic E-state index is 12.3. The van der Waals surface area contributed by atoms with E-state index in [1.54, 1.807) is 24.1 Å². The lowest BCUT2D eigenvalue weighted by Gasteiger charge is -2.18. The molecule has 26 heavy (non-hydrogen) atoms. The number of hydrogen-bond donors (Lipinski definition) is 1. The third-order valence-electron chi connectivity index (χ3n) is 4.15. The topological polar surface area (TPSA) is 49.4 Å². The maximum absolute atomic E-state index is 12.3. The van der Waals surface area contributed by atoms with Gasteiger partial charge >= 0.3 is 0 Å². The van der Waals surface area contributed by atoms with Gasteiger partial charge in [0.2, 0.25) is 5.91 Å². The second kappa shape index (κ2) is 8.02. The Morgan fingerprint density at radius 2 is 1.73 bits per heavy atom. The Labute approximate surface area is 157 Å².